The maximum absolute atomic E-state index is 12.3. The van der Waals surface area contributed by atoms with Crippen molar-refractivity contribution in [3.8, 4) is 5.75 Å². The van der Waals surface area contributed by atoms with Crippen LogP contribution in [0.2, 0.25) is 5.02 Å². The average Bonchev–Trinajstić information content (AvgIpc) is 3.04. The van der Waals surface area contributed by atoms with E-state index in [0.717, 1.165) is 22.4 Å². The van der Waals surface area contributed by atoms with Gasteiger partial charge in [0, 0.05) is 6.42 Å². The third-order valence-corrected chi connectivity index (χ3v) is 4.45. The molecule has 0 aliphatic heterocycles. The summed E-state index contributed by atoms with van der Waals surface area (Å²) in [7, 11) is 0. The lowest BCUT2D eigenvalue weighted by atomic mass is 10.2. The van der Waals surface area contributed by atoms with Gasteiger partial charge in [-0.3, -0.25) is 20.4 Å². The molecule has 146 valence electrons. The summed E-state index contributed by atoms with van der Waals surface area (Å²) in [5, 5.41) is 0.418. The first-order valence-electron chi connectivity index (χ1n) is 8.88. The molecule has 0 spiro atoms. The van der Waals surface area contributed by atoms with Crippen LogP contribution >= 0.6 is 11.6 Å². The first-order valence-corrected chi connectivity index (χ1v) is 9.26. The maximum Gasteiger partial charge on any atom is 0.276 e. The molecule has 2 aromatic carbocycles. The van der Waals surface area contributed by atoms with Crippen molar-refractivity contribution in [3.05, 3.63) is 58.9 Å². The number of rotatable bonds is 6. The van der Waals surface area contributed by atoms with E-state index < -0.39 is 5.91 Å². The van der Waals surface area contributed by atoms with Crippen molar-refractivity contribution >= 4 is 34.4 Å². The molecule has 0 saturated carbocycles. The van der Waals surface area contributed by atoms with Crippen molar-refractivity contribution in [2.75, 3.05) is 6.61 Å². The number of fused-ring (bicyclic) bond motifs is 1. The van der Waals surface area contributed by atoms with Gasteiger partial charge in [-0.25, -0.2) is 4.98 Å². The summed E-state index contributed by atoms with van der Waals surface area (Å²) < 4.78 is 7.23. The number of aryl methyl sites for hydroxylation is 2. The van der Waals surface area contributed by atoms with Gasteiger partial charge in [0.05, 0.1) is 16.1 Å². The van der Waals surface area contributed by atoms with Gasteiger partial charge in [-0.15, -0.1) is 0 Å². The van der Waals surface area contributed by atoms with Crippen LogP contribution in [0.1, 0.15) is 18.3 Å². The Hall–Kier alpha value is -3.06. The van der Waals surface area contributed by atoms with E-state index >= 15 is 0 Å². The number of aromatic nitrogens is 2. The van der Waals surface area contributed by atoms with Gasteiger partial charge in [-0.05, 0) is 36.8 Å². The summed E-state index contributed by atoms with van der Waals surface area (Å²) in [5.41, 5.74) is 7.41. The Balaban J connectivity index is 1.54. The van der Waals surface area contributed by atoms with Crippen molar-refractivity contribution in [2.24, 2.45) is 0 Å². The minimum atomic E-state index is -0.489. The Morgan fingerprint density at radius 1 is 1.14 bits per heavy atom. The highest BCUT2D eigenvalue weighted by atomic mass is 35.5. The second kappa shape index (κ2) is 8.75. The molecule has 0 saturated heterocycles. The molecule has 3 rings (SSSR count). The summed E-state index contributed by atoms with van der Waals surface area (Å²) in [5.74, 6) is 0.373. The Labute approximate surface area is 167 Å². The van der Waals surface area contributed by atoms with Crippen molar-refractivity contribution in [2.45, 2.75) is 26.8 Å². The van der Waals surface area contributed by atoms with Gasteiger partial charge in [-0.2, -0.15) is 0 Å². The highest BCUT2D eigenvalue weighted by molar-refractivity contribution is 6.32. The van der Waals surface area contributed by atoms with Crippen LogP contribution in [0.4, 0.5) is 0 Å². The molecule has 0 atom stereocenters. The predicted molar refractivity (Wildman–Crippen MR) is 107 cm³/mol. The predicted octanol–water partition coefficient (Wildman–Crippen LogP) is 2.79. The van der Waals surface area contributed by atoms with E-state index in [0.29, 0.717) is 17.2 Å². The highest BCUT2D eigenvalue weighted by Gasteiger charge is 2.13. The topological polar surface area (TPSA) is 85.3 Å². The first kappa shape index (κ1) is 19.7. The lowest BCUT2D eigenvalue weighted by molar-refractivity contribution is -0.130. The standard InChI is InChI=1S/C20H21ClN4O3/c1-3-18-22-15-6-4-5-7-16(15)25(18)11-19(26)23-24-20(27)12-28-17-10-13(2)8-9-14(17)21/h4-10H,3,11-12H2,1-2H3,(H,23,26)(H,24,27). The Morgan fingerprint density at radius 2 is 1.89 bits per heavy atom. The van der Waals surface area contributed by atoms with Crippen LogP contribution in [-0.2, 0) is 22.6 Å². The van der Waals surface area contributed by atoms with Gasteiger partial charge in [-0.1, -0.05) is 36.7 Å². The molecule has 1 heterocycles. The maximum atomic E-state index is 12.3. The van der Waals surface area contributed by atoms with Gasteiger partial charge in [0.25, 0.3) is 11.8 Å². The van der Waals surface area contributed by atoms with E-state index in [9.17, 15) is 9.59 Å². The molecular weight excluding hydrogens is 380 g/mol. The number of nitrogens with one attached hydrogen (secondary N) is 2. The van der Waals surface area contributed by atoms with E-state index in [1.54, 1.807) is 12.1 Å². The van der Waals surface area contributed by atoms with Crippen LogP contribution < -0.4 is 15.6 Å². The highest BCUT2D eigenvalue weighted by Crippen LogP contribution is 2.25. The summed E-state index contributed by atoms with van der Waals surface area (Å²) in [4.78, 5) is 28.7. The number of ether oxygens (including phenoxy) is 1. The number of hydrazine groups is 1. The molecule has 3 aromatic rings. The average molecular weight is 401 g/mol. The summed E-state index contributed by atoms with van der Waals surface area (Å²) in [6, 6.07) is 12.9. The van der Waals surface area contributed by atoms with E-state index in [4.69, 9.17) is 16.3 Å². The molecule has 0 aliphatic carbocycles. The monoisotopic (exact) mass is 400 g/mol. The smallest absolute Gasteiger partial charge is 0.276 e. The zero-order valence-electron chi connectivity index (χ0n) is 15.7. The van der Waals surface area contributed by atoms with Crippen molar-refractivity contribution in [1.29, 1.82) is 0 Å². The first-order chi connectivity index (χ1) is 13.5. The molecule has 28 heavy (non-hydrogen) atoms. The van der Waals surface area contributed by atoms with Crippen LogP contribution in [0.15, 0.2) is 42.5 Å². The van der Waals surface area contributed by atoms with E-state index in [-0.39, 0.29) is 19.1 Å². The molecule has 0 unspecified atom stereocenters. The summed E-state index contributed by atoms with van der Waals surface area (Å²) in [6.07, 6.45) is 0.694. The normalized spacial score (nSPS) is 10.7. The molecular formula is C20H21ClN4O3. The second-order valence-electron chi connectivity index (χ2n) is 6.28. The Morgan fingerprint density at radius 3 is 2.68 bits per heavy atom. The molecule has 2 N–H and O–H groups in total. The lowest BCUT2D eigenvalue weighted by Gasteiger charge is -2.11. The van der Waals surface area contributed by atoms with Gasteiger partial charge in [0.1, 0.15) is 18.1 Å². The number of nitrogens with zero attached hydrogens (tertiary/aromatic N) is 2. The van der Waals surface area contributed by atoms with Crippen LogP contribution in [-0.4, -0.2) is 28.0 Å². The van der Waals surface area contributed by atoms with Crippen LogP contribution in [0.3, 0.4) is 0 Å². The van der Waals surface area contributed by atoms with Gasteiger partial charge in [0.2, 0.25) is 0 Å². The fourth-order valence-electron chi connectivity index (χ4n) is 2.79. The number of amides is 2. The molecule has 8 heteroatoms. The third-order valence-electron chi connectivity index (χ3n) is 4.14. The van der Waals surface area contributed by atoms with Crippen molar-refractivity contribution in [3.63, 3.8) is 0 Å². The molecule has 0 fully saturated rings. The molecule has 0 radical (unpaired) electrons. The Kier molecular flexibility index (Phi) is 6.16. The molecule has 1 aromatic heterocycles. The quantitative estimate of drug-likeness (QED) is 0.623. The molecule has 0 bridgehead atoms. The van der Waals surface area contributed by atoms with E-state index in [1.807, 2.05) is 48.7 Å². The van der Waals surface area contributed by atoms with E-state index in [2.05, 4.69) is 15.8 Å². The minimum Gasteiger partial charge on any atom is -0.482 e. The fraction of sp³-hybridized carbons (Fsp3) is 0.250. The van der Waals surface area contributed by atoms with Gasteiger partial charge >= 0.3 is 0 Å². The van der Waals surface area contributed by atoms with E-state index in [1.165, 1.54) is 0 Å². The Bertz CT molecular complexity index is 1020. The zero-order valence-corrected chi connectivity index (χ0v) is 16.4. The minimum absolute atomic E-state index is 0.0501. The van der Waals surface area contributed by atoms with Crippen molar-refractivity contribution < 1.29 is 14.3 Å². The number of carbonyl (C=O) groups is 2. The van der Waals surface area contributed by atoms with Gasteiger partial charge < -0.3 is 9.30 Å². The number of hydrogen-bond donors (Lipinski definition) is 2. The second-order valence-corrected chi connectivity index (χ2v) is 6.68. The van der Waals surface area contributed by atoms with Crippen molar-refractivity contribution in [1.82, 2.24) is 20.4 Å². The molecule has 7 nitrogen and oxygen atoms in total. The lowest BCUT2D eigenvalue weighted by Crippen LogP contribution is -2.45. The SMILES string of the molecule is CCc1nc2ccccc2n1CC(=O)NNC(=O)COc1cc(C)ccc1Cl. The number of halogens is 1. The fourth-order valence-corrected chi connectivity index (χ4v) is 2.97. The van der Waals surface area contributed by atoms with Gasteiger partial charge in [0.15, 0.2) is 6.61 Å². The van der Waals surface area contributed by atoms with Crippen LogP contribution in [0.5, 0.6) is 5.75 Å². The van der Waals surface area contributed by atoms with Crippen LogP contribution in [0, 0.1) is 6.92 Å². The number of imidazole rings is 1. The number of hydrogen-bond acceptors (Lipinski definition) is 4. The molecule has 0 aliphatic rings. The zero-order chi connectivity index (χ0) is 20.1. The third kappa shape index (κ3) is 4.61. The summed E-state index contributed by atoms with van der Waals surface area (Å²) in [6.45, 7) is 3.66. The number of benzene rings is 2. The molecule has 2 amide bonds. The number of carbonyl (C=O) groups excluding carboxylic acids is 2. The number of para-hydroxylation sites is 2. The largest absolute Gasteiger partial charge is 0.482 e. The van der Waals surface area contributed by atoms with Crippen LogP contribution in [0.25, 0.3) is 11.0 Å². The summed E-state index contributed by atoms with van der Waals surface area (Å²) >= 11 is 6.03.